The average Bonchev–Trinajstić information content (AvgIpc) is 2.01. The van der Waals surface area contributed by atoms with E-state index in [1.54, 1.807) is 0 Å². The molecule has 0 aliphatic rings. The maximum absolute atomic E-state index is 11.1. The zero-order valence-electron chi connectivity index (χ0n) is 7.39. The molecule has 1 unspecified atom stereocenters. The van der Waals surface area contributed by atoms with E-state index >= 15 is 0 Å². The molecule has 3 amide bonds. The molecule has 0 aromatic rings. The summed E-state index contributed by atoms with van der Waals surface area (Å²) in [5.74, 6) is -0.212. The summed E-state index contributed by atoms with van der Waals surface area (Å²) in [6, 6.07) is -1.17. The molecule has 12 heavy (non-hydrogen) atoms. The first-order valence-corrected chi connectivity index (χ1v) is 3.89. The number of likely N-dealkylation sites (N-methyl/N-ethyl adjacent to an activating group) is 1. The van der Waals surface area contributed by atoms with Gasteiger partial charge in [-0.25, -0.2) is 4.79 Å². The van der Waals surface area contributed by atoms with Crippen molar-refractivity contribution >= 4 is 11.9 Å². The first-order valence-electron chi connectivity index (χ1n) is 3.89. The summed E-state index contributed by atoms with van der Waals surface area (Å²) in [5, 5.41) is 4.80. The molecule has 5 heteroatoms. The third-order valence-corrected chi connectivity index (χ3v) is 1.46. The number of rotatable bonds is 4. The van der Waals surface area contributed by atoms with Gasteiger partial charge in [-0.15, -0.1) is 0 Å². The number of urea groups is 1. The molecule has 0 aromatic heterocycles. The zero-order chi connectivity index (χ0) is 9.56. The van der Waals surface area contributed by atoms with Gasteiger partial charge in [-0.2, -0.15) is 0 Å². The molecular weight excluding hydrogens is 158 g/mol. The van der Waals surface area contributed by atoms with Crippen LogP contribution in [-0.4, -0.2) is 25.0 Å². The molecule has 0 radical (unpaired) electrons. The fourth-order valence-corrected chi connectivity index (χ4v) is 0.903. The van der Waals surface area contributed by atoms with Crippen molar-refractivity contribution in [2.75, 3.05) is 7.05 Å². The Labute approximate surface area is 71.7 Å². The van der Waals surface area contributed by atoms with Gasteiger partial charge in [0.05, 0.1) is 0 Å². The summed E-state index contributed by atoms with van der Waals surface area (Å²) in [4.78, 5) is 21.5. The largest absolute Gasteiger partial charge is 0.357 e. The fourth-order valence-electron chi connectivity index (χ4n) is 0.903. The minimum Gasteiger partial charge on any atom is -0.357 e. The molecule has 0 rings (SSSR count). The summed E-state index contributed by atoms with van der Waals surface area (Å²) < 4.78 is 0. The fraction of sp³-hybridized carbons (Fsp3) is 0.714. The zero-order valence-corrected chi connectivity index (χ0v) is 7.39. The minimum absolute atomic E-state index is 0.212. The molecule has 1 atom stereocenters. The van der Waals surface area contributed by atoms with Gasteiger partial charge in [-0.1, -0.05) is 13.3 Å². The molecule has 0 aromatic carbocycles. The van der Waals surface area contributed by atoms with E-state index < -0.39 is 12.1 Å². The quantitative estimate of drug-likeness (QED) is 0.539. The van der Waals surface area contributed by atoms with E-state index in [4.69, 9.17) is 5.73 Å². The van der Waals surface area contributed by atoms with Crippen LogP contribution in [0, 0.1) is 0 Å². The molecule has 0 spiro atoms. The van der Waals surface area contributed by atoms with Crippen LogP contribution in [0.5, 0.6) is 0 Å². The number of amides is 3. The Balaban J connectivity index is 4.02. The van der Waals surface area contributed by atoms with E-state index in [9.17, 15) is 9.59 Å². The van der Waals surface area contributed by atoms with Gasteiger partial charge in [-0.3, -0.25) is 4.79 Å². The van der Waals surface area contributed by atoms with Crippen LogP contribution in [0.1, 0.15) is 19.8 Å². The van der Waals surface area contributed by atoms with Gasteiger partial charge in [0, 0.05) is 7.05 Å². The standard InChI is InChI=1S/C7H15N3O2/c1-3-4-5(6(11)9-2)10-7(8)12/h5H,3-4H2,1-2H3,(H,9,11)(H3,8,10,12). The van der Waals surface area contributed by atoms with Crippen LogP contribution < -0.4 is 16.4 Å². The van der Waals surface area contributed by atoms with Gasteiger partial charge in [-0.05, 0) is 6.42 Å². The lowest BCUT2D eigenvalue weighted by atomic mass is 10.1. The highest BCUT2D eigenvalue weighted by Crippen LogP contribution is 1.95. The summed E-state index contributed by atoms with van der Waals surface area (Å²) in [5.41, 5.74) is 4.89. The highest BCUT2D eigenvalue weighted by molar-refractivity contribution is 5.86. The number of primary amides is 1. The van der Waals surface area contributed by atoms with E-state index in [1.165, 1.54) is 7.05 Å². The lowest BCUT2D eigenvalue weighted by molar-refractivity contribution is -0.122. The third kappa shape index (κ3) is 3.80. The average molecular weight is 173 g/mol. The van der Waals surface area contributed by atoms with E-state index in [0.29, 0.717) is 6.42 Å². The predicted molar refractivity (Wildman–Crippen MR) is 45.5 cm³/mol. The normalized spacial score (nSPS) is 11.8. The lowest BCUT2D eigenvalue weighted by Gasteiger charge is -2.14. The van der Waals surface area contributed by atoms with Gasteiger partial charge < -0.3 is 16.4 Å². The number of carbonyl (C=O) groups is 2. The highest BCUT2D eigenvalue weighted by Gasteiger charge is 2.16. The van der Waals surface area contributed by atoms with E-state index in [1.807, 2.05) is 6.92 Å². The molecule has 0 aliphatic carbocycles. The first-order chi connectivity index (χ1) is 5.61. The number of hydrogen-bond acceptors (Lipinski definition) is 2. The van der Waals surface area contributed by atoms with Crippen LogP contribution in [0.25, 0.3) is 0 Å². The second-order valence-corrected chi connectivity index (χ2v) is 2.46. The monoisotopic (exact) mass is 173 g/mol. The van der Waals surface area contributed by atoms with Crippen LogP contribution in [-0.2, 0) is 4.79 Å². The number of nitrogens with one attached hydrogen (secondary N) is 2. The molecule has 0 bridgehead atoms. The van der Waals surface area contributed by atoms with Crippen molar-refractivity contribution in [3.8, 4) is 0 Å². The summed E-state index contributed by atoms with van der Waals surface area (Å²) in [6.07, 6.45) is 1.42. The van der Waals surface area contributed by atoms with Crippen molar-refractivity contribution in [2.24, 2.45) is 5.73 Å². The summed E-state index contributed by atoms with van der Waals surface area (Å²) >= 11 is 0. The van der Waals surface area contributed by atoms with E-state index in [-0.39, 0.29) is 5.91 Å². The summed E-state index contributed by atoms with van der Waals surface area (Å²) in [7, 11) is 1.52. The molecule has 4 N–H and O–H groups in total. The van der Waals surface area contributed by atoms with Crippen molar-refractivity contribution < 1.29 is 9.59 Å². The molecule has 0 aliphatic heterocycles. The van der Waals surface area contributed by atoms with Crippen molar-refractivity contribution in [1.29, 1.82) is 0 Å². The van der Waals surface area contributed by atoms with Crippen LogP contribution in [0.15, 0.2) is 0 Å². The van der Waals surface area contributed by atoms with Crippen molar-refractivity contribution in [1.82, 2.24) is 10.6 Å². The SMILES string of the molecule is CCCC(NC(N)=O)C(=O)NC. The van der Waals surface area contributed by atoms with Crippen LogP contribution in [0.4, 0.5) is 4.79 Å². The molecule has 5 nitrogen and oxygen atoms in total. The van der Waals surface area contributed by atoms with Gasteiger partial charge in [0.1, 0.15) is 6.04 Å². The van der Waals surface area contributed by atoms with E-state index in [0.717, 1.165) is 6.42 Å². The van der Waals surface area contributed by atoms with Gasteiger partial charge in [0.15, 0.2) is 0 Å². The van der Waals surface area contributed by atoms with Crippen LogP contribution >= 0.6 is 0 Å². The first kappa shape index (κ1) is 10.7. The highest BCUT2D eigenvalue weighted by atomic mass is 16.2. The topological polar surface area (TPSA) is 84.2 Å². The number of carbonyl (C=O) groups excluding carboxylic acids is 2. The van der Waals surface area contributed by atoms with Gasteiger partial charge >= 0.3 is 6.03 Å². The summed E-state index contributed by atoms with van der Waals surface area (Å²) in [6.45, 7) is 1.93. The second kappa shape index (κ2) is 5.40. The van der Waals surface area contributed by atoms with Gasteiger partial charge in [0.2, 0.25) is 5.91 Å². The third-order valence-electron chi connectivity index (χ3n) is 1.46. The molecule has 0 saturated heterocycles. The van der Waals surface area contributed by atoms with Crippen molar-refractivity contribution in [2.45, 2.75) is 25.8 Å². The van der Waals surface area contributed by atoms with E-state index in [2.05, 4.69) is 10.6 Å². The Morgan fingerprint density at radius 3 is 2.42 bits per heavy atom. The predicted octanol–water partition coefficient (Wildman–Crippen LogP) is -0.431. The van der Waals surface area contributed by atoms with Crippen molar-refractivity contribution in [3.63, 3.8) is 0 Å². The Hall–Kier alpha value is -1.26. The lowest BCUT2D eigenvalue weighted by Crippen LogP contribution is -2.47. The maximum Gasteiger partial charge on any atom is 0.312 e. The number of hydrogen-bond donors (Lipinski definition) is 3. The smallest absolute Gasteiger partial charge is 0.312 e. The van der Waals surface area contributed by atoms with Gasteiger partial charge in [0.25, 0.3) is 0 Å². The van der Waals surface area contributed by atoms with Crippen molar-refractivity contribution in [3.05, 3.63) is 0 Å². The molecule has 0 fully saturated rings. The molecule has 0 heterocycles. The van der Waals surface area contributed by atoms with Crippen LogP contribution in [0.3, 0.4) is 0 Å². The molecule has 70 valence electrons. The number of nitrogens with two attached hydrogens (primary N) is 1. The Kier molecular flexibility index (Phi) is 4.83. The Morgan fingerprint density at radius 1 is 1.50 bits per heavy atom. The minimum atomic E-state index is -0.669. The maximum atomic E-state index is 11.1. The molecule has 0 saturated carbocycles. The van der Waals surface area contributed by atoms with Crippen LogP contribution in [0.2, 0.25) is 0 Å². The Bertz CT molecular complexity index is 170. The Morgan fingerprint density at radius 2 is 2.08 bits per heavy atom. The second-order valence-electron chi connectivity index (χ2n) is 2.46. The molecular formula is C7H15N3O2.